The number of rotatable bonds is 4. The van der Waals surface area contributed by atoms with Gasteiger partial charge in [-0.25, -0.2) is 0 Å². The van der Waals surface area contributed by atoms with E-state index in [1.54, 1.807) is 6.07 Å². The van der Waals surface area contributed by atoms with Crippen LogP contribution in [0.25, 0.3) is 0 Å². The van der Waals surface area contributed by atoms with E-state index in [-0.39, 0.29) is 18.2 Å². The molecule has 0 bridgehead atoms. The Labute approximate surface area is 112 Å². The highest BCUT2D eigenvalue weighted by Crippen LogP contribution is 2.34. The summed E-state index contributed by atoms with van der Waals surface area (Å²) < 4.78 is 45.8. The monoisotopic (exact) mass is 285 g/mol. The van der Waals surface area contributed by atoms with Crippen molar-refractivity contribution < 1.29 is 22.6 Å². The van der Waals surface area contributed by atoms with Gasteiger partial charge in [-0.2, -0.15) is 5.10 Å². The maximum absolute atomic E-state index is 12.2. The van der Waals surface area contributed by atoms with Crippen LogP contribution < -0.4 is 15.2 Å². The van der Waals surface area contributed by atoms with Gasteiger partial charge in [-0.05, 0) is 18.2 Å². The van der Waals surface area contributed by atoms with Crippen LogP contribution in [0.5, 0.6) is 17.4 Å². The molecule has 0 aliphatic carbocycles. The van der Waals surface area contributed by atoms with Crippen molar-refractivity contribution in [2.45, 2.75) is 12.9 Å². The molecule has 20 heavy (non-hydrogen) atoms. The summed E-state index contributed by atoms with van der Waals surface area (Å²) in [6.07, 6.45) is -4.80. The largest absolute Gasteiger partial charge is 0.573 e. The molecule has 0 spiro atoms. The number of hydrogen-bond donors (Lipinski definition) is 1. The smallest absolute Gasteiger partial charge is 0.434 e. The van der Waals surface area contributed by atoms with Crippen molar-refractivity contribution in [3.05, 3.63) is 42.1 Å². The van der Waals surface area contributed by atoms with Gasteiger partial charge >= 0.3 is 6.36 Å². The third-order valence-corrected chi connectivity index (χ3v) is 2.19. The summed E-state index contributed by atoms with van der Waals surface area (Å²) in [5, 5.41) is 7.43. The molecule has 0 saturated carbocycles. The van der Waals surface area contributed by atoms with Crippen LogP contribution in [-0.2, 0) is 6.54 Å². The molecule has 0 fully saturated rings. The Kier molecular flexibility index (Phi) is 4.04. The third kappa shape index (κ3) is 3.82. The molecule has 0 amide bonds. The predicted molar refractivity (Wildman–Crippen MR) is 63.1 cm³/mol. The van der Waals surface area contributed by atoms with E-state index in [1.807, 2.05) is 0 Å². The van der Waals surface area contributed by atoms with E-state index in [4.69, 9.17) is 10.5 Å². The van der Waals surface area contributed by atoms with E-state index >= 15 is 0 Å². The molecule has 0 atom stereocenters. The van der Waals surface area contributed by atoms with Gasteiger partial charge in [0.1, 0.15) is 0 Å². The SMILES string of the molecule is NCc1ccc(Oc2ccccc2OC(F)(F)F)nn1. The van der Waals surface area contributed by atoms with E-state index in [9.17, 15) is 13.2 Å². The van der Waals surface area contributed by atoms with E-state index in [2.05, 4.69) is 14.9 Å². The molecule has 2 rings (SSSR count). The van der Waals surface area contributed by atoms with Crippen LogP contribution in [0.2, 0.25) is 0 Å². The van der Waals surface area contributed by atoms with Gasteiger partial charge in [0.05, 0.1) is 5.69 Å². The molecule has 106 valence electrons. The molecule has 1 aromatic heterocycles. The molecule has 0 radical (unpaired) electrons. The molecule has 2 aromatic rings. The summed E-state index contributed by atoms with van der Waals surface area (Å²) in [7, 11) is 0. The van der Waals surface area contributed by atoms with Crippen molar-refractivity contribution in [3.8, 4) is 17.4 Å². The van der Waals surface area contributed by atoms with E-state index in [0.717, 1.165) is 6.07 Å². The number of halogens is 3. The summed E-state index contributed by atoms with van der Waals surface area (Å²) >= 11 is 0. The molecule has 0 saturated heterocycles. The molecular formula is C12H10F3N3O2. The second-order valence-corrected chi connectivity index (χ2v) is 3.66. The molecule has 5 nitrogen and oxygen atoms in total. The van der Waals surface area contributed by atoms with Gasteiger partial charge in [-0.1, -0.05) is 12.1 Å². The molecule has 0 aliphatic heterocycles. The Morgan fingerprint density at radius 3 is 2.25 bits per heavy atom. The van der Waals surface area contributed by atoms with Crippen LogP contribution in [0, 0.1) is 0 Å². The number of nitrogens with two attached hydrogens (primary N) is 1. The first-order valence-corrected chi connectivity index (χ1v) is 5.53. The van der Waals surface area contributed by atoms with E-state index in [1.165, 1.54) is 24.3 Å². The average molecular weight is 285 g/mol. The zero-order valence-corrected chi connectivity index (χ0v) is 10.1. The van der Waals surface area contributed by atoms with Crippen LogP contribution in [0.1, 0.15) is 5.69 Å². The zero-order valence-electron chi connectivity index (χ0n) is 10.1. The van der Waals surface area contributed by atoms with Crippen molar-refractivity contribution in [1.29, 1.82) is 0 Å². The Morgan fingerprint density at radius 1 is 1.00 bits per heavy atom. The first-order chi connectivity index (χ1) is 9.48. The zero-order chi connectivity index (χ0) is 14.6. The summed E-state index contributed by atoms with van der Waals surface area (Å²) in [5.74, 6) is -0.523. The molecule has 1 heterocycles. The van der Waals surface area contributed by atoms with Crippen LogP contribution in [-0.4, -0.2) is 16.6 Å². The average Bonchev–Trinajstić information content (AvgIpc) is 2.40. The fourth-order valence-corrected chi connectivity index (χ4v) is 1.37. The van der Waals surface area contributed by atoms with Crippen LogP contribution in [0.15, 0.2) is 36.4 Å². The molecule has 1 aromatic carbocycles. The van der Waals surface area contributed by atoms with Gasteiger partial charge < -0.3 is 15.2 Å². The number of hydrogen-bond acceptors (Lipinski definition) is 5. The minimum atomic E-state index is -4.80. The fraction of sp³-hybridized carbons (Fsp3) is 0.167. The number of aromatic nitrogens is 2. The van der Waals surface area contributed by atoms with E-state index < -0.39 is 12.1 Å². The predicted octanol–water partition coefficient (Wildman–Crippen LogP) is 2.63. The summed E-state index contributed by atoms with van der Waals surface area (Å²) in [4.78, 5) is 0. The van der Waals surface area contributed by atoms with Crippen LogP contribution in [0.3, 0.4) is 0 Å². The normalized spacial score (nSPS) is 11.2. The minimum absolute atomic E-state index is 0.0421. The Morgan fingerprint density at radius 2 is 1.70 bits per heavy atom. The van der Waals surface area contributed by atoms with Crippen molar-refractivity contribution in [2.75, 3.05) is 0 Å². The van der Waals surface area contributed by atoms with Gasteiger partial charge in [-0.3, -0.25) is 0 Å². The van der Waals surface area contributed by atoms with Crippen molar-refractivity contribution in [2.24, 2.45) is 5.73 Å². The lowest BCUT2D eigenvalue weighted by atomic mass is 10.3. The summed E-state index contributed by atoms with van der Waals surface area (Å²) in [6, 6.07) is 8.41. The Hall–Kier alpha value is -2.35. The van der Waals surface area contributed by atoms with Gasteiger partial charge in [0.2, 0.25) is 5.88 Å². The second-order valence-electron chi connectivity index (χ2n) is 3.66. The van der Waals surface area contributed by atoms with Gasteiger partial charge in [0.15, 0.2) is 11.5 Å². The van der Waals surface area contributed by atoms with Gasteiger partial charge in [0.25, 0.3) is 0 Å². The number of ether oxygens (including phenoxy) is 2. The molecule has 0 unspecified atom stereocenters. The van der Waals surface area contributed by atoms with Gasteiger partial charge in [0, 0.05) is 12.6 Å². The lowest BCUT2D eigenvalue weighted by Crippen LogP contribution is -2.17. The van der Waals surface area contributed by atoms with Gasteiger partial charge in [-0.15, -0.1) is 18.3 Å². The minimum Gasteiger partial charge on any atom is -0.434 e. The Bertz CT molecular complexity index is 573. The molecular weight excluding hydrogens is 275 g/mol. The summed E-state index contributed by atoms with van der Waals surface area (Å²) in [5.41, 5.74) is 5.90. The van der Waals surface area contributed by atoms with Crippen molar-refractivity contribution in [3.63, 3.8) is 0 Å². The second kappa shape index (κ2) is 5.74. The lowest BCUT2D eigenvalue weighted by Gasteiger charge is -2.12. The molecule has 8 heteroatoms. The third-order valence-electron chi connectivity index (χ3n) is 2.19. The topological polar surface area (TPSA) is 70.3 Å². The van der Waals surface area contributed by atoms with E-state index in [0.29, 0.717) is 5.69 Å². The number of para-hydroxylation sites is 2. The van der Waals surface area contributed by atoms with Crippen molar-refractivity contribution >= 4 is 0 Å². The highest BCUT2D eigenvalue weighted by atomic mass is 19.4. The Balaban J connectivity index is 2.19. The van der Waals surface area contributed by atoms with Crippen molar-refractivity contribution in [1.82, 2.24) is 10.2 Å². The first kappa shape index (κ1) is 14.1. The van der Waals surface area contributed by atoms with Crippen LogP contribution in [0.4, 0.5) is 13.2 Å². The lowest BCUT2D eigenvalue weighted by molar-refractivity contribution is -0.275. The maximum Gasteiger partial charge on any atom is 0.573 e. The van der Waals surface area contributed by atoms with Crippen LogP contribution >= 0.6 is 0 Å². The summed E-state index contributed by atoms with van der Waals surface area (Å²) in [6.45, 7) is 0.209. The fourth-order valence-electron chi connectivity index (χ4n) is 1.37. The number of benzene rings is 1. The quantitative estimate of drug-likeness (QED) is 0.935. The highest BCUT2D eigenvalue weighted by molar-refractivity contribution is 5.41. The number of alkyl halides is 3. The molecule has 0 aliphatic rings. The first-order valence-electron chi connectivity index (χ1n) is 5.53. The number of nitrogens with zero attached hydrogens (tertiary/aromatic N) is 2. The maximum atomic E-state index is 12.2. The standard InChI is InChI=1S/C12H10F3N3O2/c13-12(14,15)20-10-4-2-1-3-9(10)19-11-6-5-8(7-16)17-18-11/h1-6H,7,16H2. The highest BCUT2D eigenvalue weighted by Gasteiger charge is 2.32. The molecule has 2 N–H and O–H groups in total.